The van der Waals surface area contributed by atoms with Crippen molar-refractivity contribution in [3.05, 3.63) is 88.6 Å². The first-order valence-electron chi connectivity index (χ1n) is 14.9. The molecule has 0 saturated carbocycles. The molecule has 45 heavy (non-hydrogen) atoms. The maximum Gasteiger partial charge on any atom is 0.271 e. The van der Waals surface area contributed by atoms with E-state index < -0.39 is 11.0 Å². The Morgan fingerprint density at radius 1 is 1.11 bits per heavy atom. The maximum absolute atomic E-state index is 14.4. The lowest BCUT2D eigenvalue weighted by atomic mass is 9.93. The third-order valence-corrected chi connectivity index (χ3v) is 9.37. The Kier molecular flexibility index (Phi) is 9.40. The largest absolute Gasteiger partial charge is 0.497 e. The number of carbonyl (C=O) groups excluding carboxylic acids is 1. The molecule has 1 saturated heterocycles. The molecule has 3 heterocycles. The minimum absolute atomic E-state index is 0.0613. The highest BCUT2D eigenvalue weighted by molar-refractivity contribution is 7.07. The Morgan fingerprint density at radius 3 is 2.44 bits per heavy atom. The summed E-state index contributed by atoms with van der Waals surface area (Å²) in [6.45, 7) is 9.77. The normalized spacial score (nSPS) is 17.2. The van der Waals surface area contributed by atoms with E-state index in [1.54, 1.807) is 56.4 Å². The number of ether oxygens (including phenoxy) is 2. The molecule has 1 fully saturated rings. The number of thiazole rings is 1. The van der Waals surface area contributed by atoms with Crippen LogP contribution in [0.15, 0.2) is 57.5 Å². The number of anilines is 1. The number of rotatable bonds is 9. The summed E-state index contributed by atoms with van der Waals surface area (Å²) >= 11 is 1.19. The maximum atomic E-state index is 14.4. The fourth-order valence-corrected chi connectivity index (χ4v) is 6.91. The zero-order valence-corrected chi connectivity index (χ0v) is 27.2. The molecule has 12 nitrogen and oxygen atoms in total. The van der Waals surface area contributed by atoms with E-state index in [2.05, 4.69) is 16.8 Å². The highest BCUT2D eigenvalue weighted by Crippen LogP contribution is 2.38. The molecule has 238 valence electrons. The summed E-state index contributed by atoms with van der Waals surface area (Å²) < 4.78 is 13.1. The molecule has 1 amide bonds. The number of nitrogens with zero attached hydrogens (tertiary/aromatic N) is 6. The first-order chi connectivity index (χ1) is 21.6. The Morgan fingerprint density at radius 2 is 1.82 bits per heavy atom. The summed E-state index contributed by atoms with van der Waals surface area (Å²) in [4.78, 5) is 51.0. The van der Waals surface area contributed by atoms with Crippen LogP contribution in [0.4, 0.5) is 11.4 Å². The Balaban J connectivity index is 1.76. The third-order valence-electron chi connectivity index (χ3n) is 8.39. The monoisotopic (exact) mass is 634 g/mol. The summed E-state index contributed by atoms with van der Waals surface area (Å²) in [6, 6.07) is 9.21. The van der Waals surface area contributed by atoms with E-state index in [9.17, 15) is 19.7 Å². The van der Waals surface area contributed by atoms with Gasteiger partial charge in [-0.1, -0.05) is 11.3 Å². The second-order valence-corrected chi connectivity index (χ2v) is 12.0. The molecular formula is C32H38N6O6S. The molecule has 0 aliphatic carbocycles. The number of aromatic nitrogens is 1. The van der Waals surface area contributed by atoms with E-state index in [4.69, 9.17) is 14.5 Å². The number of nitro benzene ring substituents is 1. The first-order valence-corrected chi connectivity index (χ1v) is 15.7. The van der Waals surface area contributed by atoms with Gasteiger partial charge in [-0.3, -0.25) is 24.3 Å². The van der Waals surface area contributed by atoms with Gasteiger partial charge in [-0.15, -0.1) is 0 Å². The topological polar surface area (TPSA) is 123 Å². The Hall–Kier alpha value is -4.49. The lowest BCUT2D eigenvalue weighted by Crippen LogP contribution is -2.44. The van der Waals surface area contributed by atoms with Crippen LogP contribution < -0.4 is 29.3 Å². The summed E-state index contributed by atoms with van der Waals surface area (Å²) in [6.07, 6.45) is 1.70. The zero-order valence-electron chi connectivity index (χ0n) is 26.4. The molecule has 0 unspecified atom stereocenters. The zero-order chi connectivity index (χ0) is 32.4. The van der Waals surface area contributed by atoms with Crippen LogP contribution in [0.25, 0.3) is 6.08 Å². The molecule has 13 heteroatoms. The molecule has 0 bridgehead atoms. The lowest BCUT2D eigenvalue weighted by molar-refractivity contribution is -0.384. The van der Waals surface area contributed by atoms with E-state index in [1.165, 1.54) is 28.0 Å². The van der Waals surface area contributed by atoms with Crippen LogP contribution >= 0.6 is 11.3 Å². The second kappa shape index (κ2) is 13.2. The molecule has 2 aliphatic rings. The van der Waals surface area contributed by atoms with Crippen molar-refractivity contribution in [3.63, 3.8) is 0 Å². The molecule has 0 N–H and O–H groups in total. The second-order valence-electron chi connectivity index (χ2n) is 11.0. The highest BCUT2D eigenvalue weighted by atomic mass is 32.1. The Labute approximate surface area is 265 Å². The number of allylic oxidation sites excluding steroid dienone is 1. The van der Waals surface area contributed by atoms with Gasteiger partial charge >= 0.3 is 0 Å². The average molecular weight is 635 g/mol. The van der Waals surface area contributed by atoms with Crippen LogP contribution in [0.3, 0.4) is 0 Å². The number of non-ortho nitro benzene ring substituents is 1. The smallest absolute Gasteiger partial charge is 0.271 e. The van der Waals surface area contributed by atoms with Crippen molar-refractivity contribution in [1.82, 2.24) is 14.4 Å². The van der Waals surface area contributed by atoms with Crippen LogP contribution in [0, 0.1) is 10.1 Å². The van der Waals surface area contributed by atoms with Crippen molar-refractivity contribution in [2.45, 2.75) is 26.8 Å². The first kappa shape index (κ1) is 31.9. The van der Waals surface area contributed by atoms with Crippen LogP contribution in [0.1, 0.15) is 37.9 Å². The summed E-state index contributed by atoms with van der Waals surface area (Å²) in [5.74, 6) is 0.818. The van der Waals surface area contributed by atoms with Crippen molar-refractivity contribution >= 4 is 34.7 Å². The number of amides is 1. The minimum Gasteiger partial charge on any atom is -0.497 e. The molecular weight excluding hydrogens is 596 g/mol. The number of carbonyl (C=O) groups is 1. The van der Waals surface area contributed by atoms with Crippen molar-refractivity contribution in [3.8, 4) is 11.5 Å². The van der Waals surface area contributed by atoms with Gasteiger partial charge in [0.2, 0.25) is 0 Å². The van der Waals surface area contributed by atoms with Gasteiger partial charge in [0.25, 0.3) is 17.2 Å². The number of hydrogen-bond donors (Lipinski definition) is 0. The number of nitro groups is 1. The number of hydrogen-bond acceptors (Lipinski definition) is 10. The predicted octanol–water partition coefficient (Wildman–Crippen LogP) is 2.78. The van der Waals surface area contributed by atoms with E-state index in [0.717, 1.165) is 31.9 Å². The number of piperazine rings is 1. The molecule has 0 spiro atoms. The van der Waals surface area contributed by atoms with Crippen molar-refractivity contribution in [1.29, 1.82) is 0 Å². The van der Waals surface area contributed by atoms with Crippen LogP contribution in [-0.2, 0) is 4.79 Å². The van der Waals surface area contributed by atoms with Gasteiger partial charge < -0.3 is 24.2 Å². The van der Waals surface area contributed by atoms with E-state index in [0.29, 0.717) is 56.3 Å². The summed E-state index contributed by atoms with van der Waals surface area (Å²) in [7, 11) is 5.15. The average Bonchev–Trinajstić information content (AvgIpc) is 3.34. The molecule has 3 aromatic rings. The van der Waals surface area contributed by atoms with E-state index in [1.807, 2.05) is 13.8 Å². The van der Waals surface area contributed by atoms with Crippen molar-refractivity contribution < 1.29 is 19.2 Å². The van der Waals surface area contributed by atoms with Gasteiger partial charge in [-0.2, -0.15) is 0 Å². The predicted molar refractivity (Wildman–Crippen MR) is 174 cm³/mol. The quantitative estimate of drug-likeness (QED) is 0.260. The molecule has 1 aromatic heterocycles. The van der Waals surface area contributed by atoms with Crippen LogP contribution in [0.2, 0.25) is 0 Å². The van der Waals surface area contributed by atoms with Gasteiger partial charge in [-0.25, -0.2) is 4.99 Å². The lowest BCUT2D eigenvalue weighted by Gasteiger charge is -2.34. The SMILES string of the molecule is CCN(CC)C(=O)C1=C(C)N=c2s/c(=C\c3cc([N+](=O)[O-])ccc3N3CCN(C)CC3)c(=O)n2[C@H]1c1cc(OC)ccc1OC. The summed E-state index contributed by atoms with van der Waals surface area (Å²) in [5, 5.41) is 11.7. The van der Waals surface area contributed by atoms with Gasteiger partial charge in [-0.05, 0) is 58.2 Å². The number of likely N-dealkylation sites (N-methyl/N-ethyl adjacent to an activating group) is 2. The third kappa shape index (κ3) is 6.09. The molecule has 1 atom stereocenters. The molecule has 2 aliphatic heterocycles. The van der Waals surface area contributed by atoms with Gasteiger partial charge in [0.05, 0.1) is 34.9 Å². The van der Waals surface area contributed by atoms with Crippen LogP contribution in [0.5, 0.6) is 11.5 Å². The summed E-state index contributed by atoms with van der Waals surface area (Å²) in [5.41, 5.74) is 2.43. The Bertz CT molecular complexity index is 1830. The minimum atomic E-state index is -0.844. The number of methoxy groups -OCH3 is 2. The van der Waals surface area contributed by atoms with Gasteiger partial charge in [0.15, 0.2) is 4.80 Å². The van der Waals surface area contributed by atoms with Gasteiger partial charge in [0, 0.05) is 68.2 Å². The van der Waals surface area contributed by atoms with E-state index in [-0.39, 0.29) is 17.2 Å². The molecule has 5 rings (SSSR count). The fraction of sp³-hybridized carbons (Fsp3) is 0.406. The number of fused-ring (bicyclic) bond motifs is 1. The highest BCUT2D eigenvalue weighted by Gasteiger charge is 2.36. The van der Waals surface area contributed by atoms with Crippen molar-refractivity contribution in [2.24, 2.45) is 4.99 Å². The molecule has 0 radical (unpaired) electrons. The number of benzene rings is 2. The standard InChI is InChI=1S/C32H38N6O6S/c1-7-35(8-2)31(40)28-20(3)33-32-37(29(28)24-19-23(43-5)10-12-26(24)44-6)30(39)27(45-32)18-21-17-22(38(41)42)9-11-25(21)36-15-13-34(4)14-16-36/h9-12,17-19,29H,7-8,13-16H2,1-6H3/b27-18-/t29-/m0/s1. The fourth-order valence-electron chi connectivity index (χ4n) is 5.87. The van der Waals surface area contributed by atoms with Crippen molar-refractivity contribution in [2.75, 3.05) is 65.4 Å². The van der Waals surface area contributed by atoms with Crippen LogP contribution in [-0.4, -0.2) is 85.7 Å². The molecule has 2 aromatic carbocycles. The van der Waals surface area contributed by atoms with Gasteiger partial charge in [0.1, 0.15) is 17.5 Å². The van der Waals surface area contributed by atoms with E-state index >= 15 is 0 Å².